The predicted molar refractivity (Wildman–Crippen MR) is 84.0 cm³/mol. The van der Waals surface area contributed by atoms with E-state index in [1.54, 1.807) is 18.2 Å². The van der Waals surface area contributed by atoms with Crippen LogP contribution >= 0.6 is 11.3 Å². The van der Waals surface area contributed by atoms with Gasteiger partial charge in [-0.1, -0.05) is 12.1 Å². The minimum Gasteiger partial charge on any atom is -0.481 e. The number of para-hydroxylation sites is 1. The summed E-state index contributed by atoms with van der Waals surface area (Å²) in [7, 11) is 0. The third-order valence-electron chi connectivity index (χ3n) is 3.42. The van der Waals surface area contributed by atoms with Crippen molar-refractivity contribution in [3.63, 3.8) is 0 Å². The van der Waals surface area contributed by atoms with Gasteiger partial charge in [-0.3, -0.25) is 9.59 Å². The molecule has 0 spiro atoms. The van der Waals surface area contributed by atoms with Crippen molar-refractivity contribution in [1.82, 2.24) is 10.3 Å². The third kappa shape index (κ3) is 4.26. The van der Waals surface area contributed by atoms with Crippen molar-refractivity contribution in [1.29, 1.82) is 0 Å². The predicted octanol–water partition coefficient (Wildman–Crippen LogP) is 2.42. The van der Waals surface area contributed by atoms with Gasteiger partial charge in [0, 0.05) is 6.04 Å². The molecule has 0 saturated heterocycles. The fourth-order valence-electron chi connectivity index (χ4n) is 2.22. The second-order valence-corrected chi connectivity index (χ2v) is 6.62. The van der Waals surface area contributed by atoms with E-state index in [-0.39, 0.29) is 5.52 Å². The number of aromatic nitrogens is 1. The Hall–Kier alpha value is -2.20. The highest BCUT2D eigenvalue weighted by Crippen LogP contribution is 2.44. The van der Waals surface area contributed by atoms with E-state index in [9.17, 15) is 27.9 Å². The van der Waals surface area contributed by atoms with Crippen molar-refractivity contribution in [2.75, 3.05) is 0 Å². The number of nitrogens with one attached hydrogen (secondary N) is 1. The number of halogens is 3. The van der Waals surface area contributed by atoms with Crippen LogP contribution in [0.3, 0.4) is 0 Å². The monoisotopic (exact) mass is 376 g/mol. The number of benzene rings is 1. The molecule has 0 fully saturated rings. The first-order valence-electron chi connectivity index (χ1n) is 7.19. The molecule has 2 atom stereocenters. The number of alkyl halides is 3. The van der Waals surface area contributed by atoms with Gasteiger partial charge in [0.05, 0.1) is 23.1 Å². The third-order valence-corrected chi connectivity index (χ3v) is 4.61. The van der Waals surface area contributed by atoms with Crippen LogP contribution in [0.1, 0.15) is 24.8 Å². The minimum absolute atomic E-state index is 0.282. The number of carboxylic acids is 1. The van der Waals surface area contributed by atoms with Crippen LogP contribution in [0.15, 0.2) is 24.3 Å². The SMILES string of the molecule is CC(CC(=O)O)NC(=O)CC(O)(c1nc2ccccc2s1)C(F)(F)F. The van der Waals surface area contributed by atoms with Gasteiger partial charge in [-0.05, 0) is 19.1 Å². The summed E-state index contributed by atoms with van der Waals surface area (Å²) >= 11 is 0.647. The van der Waals surface area contributed by atoms with Crippen LogP contribution < -0.4 is 5.32 Å². The summed E-state index contributed by atoms with van der Waals surface area (Å²) in [5, 5.41) is 20.4. The summed E-state index contributed by atoms with van der Waals surface area (Å²) in [6, 6.07) is 5.40. The average Bonchev–Trinajstić information content (AvgIpc) is 2.88. The first-order valence-corrected chi connectivity index (χ1v) is 8.01. The summed E-state index contributed by atoms with van der Waals surface area (Å²) in [5.41, 5.74) is -3.17. The molecule has 0 saturated carbocycles. The molecule has 2 unspecified atom stereocenters. The summed E-state index contributed by atoms with van der Waals surface area (Å²) in [4.78, 5) is 26.3. The van der Waals surface area contributed by atoms with Gasteiger partial charge in [0.1, 0.15) is 5.01 Å². The van der Waals surface area contributed by atoms with Crippen molar-refractivity contribution in [3.05, 3.63) is 29.3 Å². The second kappa shape index (κ2) is 6.96. The van der Waals surface area contributed by atoms with Gasteiger partial charge in [-0.25, -0.2) is 4.98 Å². The van der Waals surface area contributed by atoms with Crippen molar-refractivity contribution in [2.45, 2.75) is 37.6 Å². The van der Waals surface area contributed by atoms with Crippen LogP contribution in [0.5, 0.6) is 0 Å². The van der Waals surface area contributed by atoms with Gasteiger partial charge < -0.3 is 15.5 Å². The minimum atomic E-state index is -5.13. The molecule has 0 radical (unpaired) electrons. The fourth-order valence-corrected chi connectivity index (χ4v) is 3.29. The Morgan fingerprint density at radius 1 is 1.32 bits per heavy atom. The van der Waals surface area contributed by atoms with Gasteiger partial charge in [0.2, 0.25) is 11.5 Å². The van der Waals surface area contributed by atoms with Crippen molar-refractivity contribution >= 4 is 33.4 Å². The highest BCUT2D eigenvalue weighted by molar-refractivity contribution is 7.18. The lowest BCUT2D eigenvalue weighted by Gasteiger charge is -2.28. The number of aliphatic carboxylic acids is 1. The Labute approximate surface area is 144 Å². The number of amides is 1. The second-order valence-electron chi connectivity index (χ2n) is 5.59. The van der Waals surface area contributed by atoms with Gasteiger partial charge in [-0.15, -0.1) is 11.3 Å². The smallest absolute Gasteiger partial charge is 0.424 e. The number of thiazole rings is 1. The summed E-state index contributed by atoms with van der Waals surface area (Å²) < 4.78 is 40.9. The van der Waals surface area contributed by atoms with Crippen LogP contribution in [0.2, 0.25) is 0 Å². The van der Waals surface area contributed by atoms with Crippen molar-refractivity contribution < 1.29 is 33.0 Å². The summed E-state index contributed by atoms with van der Waals surface area (Å²) in [5.74, 6) is -2.32. The fraction of sp³-hybridized carbons (Fsp3) is 0.400. The maximum atomic E-state index is 13.5. The molecule has 0 aliphatic rings. The van der Waals surface area contributed by atoms with Crippen LogP contribution in [0.25, 0.3) is 10.2 Å². The molecule has 1 aromatic heterocycles. The standard InChI is InChI=1S/C15H15F3N2O4S/c1-8(6-12(22)23)19-11(21)7-14(24,15(16,17)18)13-20-9-4-2-3-5-10(9)25-13/h2-5,8,24H,6-7H2,1H3,(H,19,21)(H,22,23). The van der Waals surface area contributed by atoms with E-state index >= 15 is 0 Å². The molecule has 6 nitrogen and oxygen atoms in total. The molecular formula is C15H15F3N2O4S. The lowest BCUT2D eigenvalue weighted by molar-refractivity contribution is -0.267. The van der Waals surface area contributed by atoms with Gasteiger partial charge in [0.15, 0.2) is 0 Å². The average molecular weight is 376 g/mol. The maximum Gasteiger partial charge on any atom is 0.424 e. The molecule has 1 heterocycles. The van der Waals surface area contributed by atoms with E-state index in [2.05, 4.69) is 10.3 Å². The normalized spacial score (nSPS) is 15.6. The lowest BCUT2D eigenvalue weighted by atomic mass is 9.99. The quantitative estimate of drug-likeness (QED) is 0.719. The molecular weight excluding hydrogens is 361 g/mol. The van der Waals surface area contributed by atoms with Gasteiger partial charge in [-0.2, -0.15) is 13.2 Å². The number of nitrogens with zero attached hydrogens (tertiary/aromatic N) is 1. The molecule has 10 heteroatoms. The van der Waals surface area contributed by atoms with E-state index in [0.29, 0.717) is 16.0 Å². The largest absolute Gasteiger partial charge is 0.481 e. The van der Waals surface area contributed by atoms with E-state index in [1.165, 1.54) is 13.0 Å². The number of fused-ring (bicyclic) bond motifs is 1. The lowest BCUT2D eigenvalue weighted by Crippen LogP contribution is -2.47. The Bertz CT molecular complexity index is 759. The zero-order chi connectivity index (χ0) is 18.8. The van der Waals surface area contributed by atoms with Crippen LogP contribution in [-0.2, 0) is 15.2 Å². The number of rotatable bonds is 6. The first kappa shape index (κ1) is 19.1. The molecule has 2 rings (SSSR count). The van der Waals surface area contributed by atoms with Gasteiger partial charge >= 0.3 is 12.1 Å². The van der Waals surface area contributed by atoms with Crippen molar-refractivity contribution in [3.8, 4) is 0 Å². The van der Waals surface area contributed by atoms with E-state index in [0.717, 1.165) is 0 Å². The molecule has 25 heavy (non-hydrogen) atoms. The molecule has 0 aliphatic heterocycles. The topological polar surface area (TPSA) is 99.5 Å². The summed E-state index contributed by atoms with van der Waals surface area (Å²) in [6.45, 7) is 1.34. The number of carboxylic acid groups (broad SMARTS) is 1. The molecule has 2 aromatic rings. The van der Waals surface area contributed by atoms with Crippen LogP contribution in [-0.4, -0.2) is 39.3 Å². The first-order chi connectivity index (χ1) is 11.5. The number of aliphatic hydroxyl groups is 1. The maximum absolute atomic E-state index is 13.5. The van der Waals surface area contributed by atoms with Crippen LogP contribution in [0.4, 0.5) is 13.2 Å². The number of carbonyl (C=O) groups is 2. The van der Waals surface area contributed by atoms with E-state index < -0.39 is 47.5 Å². The Kier molecular flexibility index (Phi) is 5.33. The highest BCUT2D eigenvalue weighted by Gasteiger charge is 2.58. The van der Waals surface area contributed by atoms with E-state index in [4.69, 9.17) is 5.11 Å². The molecule has 0 aliphatic carbocycles. The van der Waals surface area contributed by atoms with Crippen molar-refractivity contribution in [2.24, 2.45) is 0 Å². The number of hydrogen-bond acceptors (Lipinski definition) is 5. The molecule has 1 aromatic carbocycles. The van der Waals surface area contributed by atoms with Crippen LogP contribution in [0, 0.1) is 0 Å². The zero-order valence-electron chi connectivity index (χ0n) is 13.0. The Morgan fingerprint density at radius 2 is 1.96 bits per heavy atom. The molecule has 0 bridgehead atoms. The molecule has 1 amide bonds. The Balaban J connectivity index is 2.29. The molecule has 3 N–H and O–H groups in total. The molecule has 136 valence electrons. The number of carbonyl (C=O) groups excluding carboxylic acids is 1. The zero-order valence-corrected chi connectivity index (χ0v) is 13.8. The van der Waals surface area contributed by atoms with Gasteiger partial charge in [0.25, 0.3) is 0 Å². The van der Waals surface area contributed by atoms with E-state index in [1.807, 2.05) is 0 Å². The highest BCUT2D eigenvalue weighted by atomic mass is 32.1. The summed E-state index contributed by atoms with van der Waals surface area (Å²) in [6.07, 6.45) is -6.88. The Morgan fingerprint density at radius 3 is 2.52 bits per heavy atom. The number of hydrogen-bond donors (Lipinski definition) is 3.